The first kappa shape index (κ1) is 27.1. The highest BCUT2D eigenvalue weighted by molar-refractivity contribution is 6.38. The molecule has 0 bridgehead atoms. The molecule has 2 heterocycles. The second-order valence-corrected chi connectivity index (χ2v) is 9.84. The van der Waals surface area contributed by atoms with Gasteiger partial charge in [0, 0.05) is 29.7 Å². The Balaban J connectivity index is 1.64. The van der Waals surface area contributed by atoms with Gasteiger partial charge in [-0.3, -0.25) is 14.6 Å². The van der Waals surface area contributed by atoms with Crippen LogP contribution in [0.25, 0.3) is 17.0 Å². The number of fused-ring (bicyclic) bond motifs is 1. The fourth-order valence-electron chi connectivity index (χ4n) is 4.95. The largest absolute Gasteiger partial charge is 0.483 e. The maximum atomic E-state index is 13.7. The van der Waals surface area contributed by atoms with Crippen LogP contribution in [-0.2, 0) is 20.9 Å². The number of hydrogen-bond acceptors (Lipinski definition) is 4. The molecule has 0 unspecified atom stereocenters. The number of carbonyl (C=O) groups excluding carboxylic acids is 2. The number of para-hydroxylation sites is 2. The SMILES string of the molecule is CCCN=COCCCCCn1c(/C=C2/C(=O)N(c3ccccc3)C(=O)C2=C(C)C)c(C)c2ccccc21. The lowest BCUT2D eigenvalue weighted by Gasteiger charge is -2.13. The molecule has 1 fully saturated rings. The molecule has 0 saturated carbocycles. The number of aryl methyl sites for hydroxylation is 2. The van der Waals surface area contributed by atoms with Crippen LogP contribution in [-0.4, -0.2) is 35.9 Å². The summed E-state index contributed by atoms with van der Waals surface area (Å²) in [5.74, 6) is -0.550. The number of rotatable bonds is 11. The third-order valence-electron chi connectivity index (χ3n) is 6.83. The molecule has 0 atom stereocenters. The average molecular weight is 512 g/mol. The fraction of sp³-hybridized carbons (Fsp3) is 0.344. The van der Waals surface area contributed by atoms with Crippen LogP contribution in [0.3, 0.4) is 0 Å². The standard InChI is InChI=1S/C32H37N3O3/c1-5-18-33-22-38-20-13-7-12-19-34-28-17-11-10-16-26(28)24(4)29(34)21-27-30(23(2)3)32(37)35(31(27)36)25-14-8-6-9-15-25/h6,8-11,14-17,21-22H,5,7,12-13,18-20H2,1-4H3/b27-21+,33-22?. The number of nitrogens with zero attached hydrogens (tertiary/aromatic N) is 3. The quantitative estimate of drug-likeness (QED) is 0.0928. The average Bonchev–Trinajstić information content (AvgIpc) is 3.33. The number of unbranched alkanes of at least 4 members (excludes halogenated alkanes) is 2. The summed E-state index contributed by atoms with van der Waals surface area (Å²) in [4.78, 5) is 32.6. The minimum Gasteiger partial charge on any atom is -0.483 e. The molecule has 0 aliphatic carbocycles. The van der Waals surface area contributed by atoms with Crippen LogP contribution in [0.15, 0.2) is 76.3 Å². The van der Waals surface area contributed by atoms with Gasteiger partial charge in [0.2, 0.25) is 0 Å². The van der Waals surface area contributed by atoms with E-state index in [0.717, 1.165) is 66.5 Å². The molecular weight excluding hydrogens is 474 g/mol. The topological polar surface area (TPSA) is 63.9 Å². The first-order chi connectivity index (χ1) is 18.5. The molecule has 38 heavy (non-hydrogen) atoms. The van der Waals surface area contributed by atoms with Gasteiger partial charge in [-0.05, 0) is 76.3 Å². The molecule has 2 amide bonds. The summed E-state index contributed by atoms with van der Waals surface area (Å²) >= 11 is 0. The highest BCUT2D eigenvalue weighted by Crippen LogP contribution is 2.35. The number of anilines is 1. The second-order valence-electron chi connectivity index (χ2n) is 9.84. The highest BCUT2D eigenvalue weighted by Gasteiger charge is 2.40. The van der Waals surface area contributed by atoms with Gasteiger partial charge in [0.25, 0.3) is 11.8 Å². The Hall–Kier alpha value is -3.93. The van der Waals surface area contributed by atoms with Crippen molar-refractivity contribution in [2.45, 2.75) is 59.9 Å². The normalized spacial score (nSPS) is 15.0. The monoisotopic (exact) mass is 511 g/mol. The molecule has 198 valence electrons. The zero-order valence-electron chi connectivity index (χ0n) is 22.9. The highest BCUT2D eigenvalue weighted by atomic mass is 16.5. The van der Waals surface area contributed by atoms with E-state index in [1.165, 1.54) is 4.90 Å². The summed E-state index contributed by atoms with van der Waals surface area (Å²) in [6, 6.07) is 17.5. The zero-order valence-corrected chi connectivity index (χ0v) is 22.9. The number of benzene rings is 2. The van der Waals surface area contributed by atoms with Crippen molar-refractivity contribution in [1.82, 2.24) is 4.57 Å². The lowest BCUT2D eigenvalue weighted by Crippen LogP contribution is -2.29. The molecule has 1 aromatic heterocycles. The second kappa shape index (κ2) is 12.5. The third kappa shape index (κ3) is 5.64. The van der Waals surface area contributed by atoms with E-state index in [-0.39, 0.29) is 11.8 Å². The number of ether oxygens (including phenoxy) is 1. The van der Waals surface area contributed by atoms with Crippen molar-refractivity contribution in [1.29, 1.82) is 0 Å². The lowest BCUT2D eigenvalue weighted by molar-refractivity contribution is -0.119. The molecule has 0 spiro atoms. The number of amides is 2. The molecule has 0 N–H and O–H groups in total. The van der Waals surface area contributed by atoms with E-state index in [4.69, 9.17) is 4.74 Å². The van der Waals surface area contributed by atoms with E-state index in [2.05, 4.69) is 35.5 Å². The van der Waals surface area contributed by atoms with E-state index in [1.54, 1.807) is 18.5 Å². The Bertz CT molecular complexity index is 1390. The van der Waals surface area contributed by atoms with Crippen LogP contribution in [0, 0.1) is 6.92 Å². The summed E-state index contributed by atoms with van der Waals surface area (Å²) in [6.45, 7) is 10.2. The van der Waals surface area contributed by atoms with Crippen molar-refractivity contribution in [3.63, 3.8) is 0 Å². The van der Waals surface area contributed by atoms with Gasteiger partial charge in [-0.2, -0.15) is 0 Å². The van der Waals surface area contributed by atoms with E-state index in [0.29, 0.717) is 23.4 Å². The Morgan fingerprint density at radius 3 is 2.42 bits per heavy atom. The van der Waals surface area contributed by atoms with Crippen molar-refractivity contribution in [2.75, 3.05) is 18.1 Å². The van der Waals surface area contributed by atoms with Gasteiger partial charge in [0.15, 0.2) is 6.40 Å². The van der Waals surface area contributed by atoms with E-state index in [9.17, 15) is 9.59 Å². The molecule has 1 saturated heterocycles. The van der Waals surface area contributed by atoms with Gasteiger partial charge in [-0.15, -0.1) is 0 Å². The number of imide groups is 1. The summed E-state index contributed by atoms with van der Waals surface area (Å²) in [5.41, 5.74) is 5.56. The van der Waals surface area contributed by atoms with Gasteiger partial charge in [0.05, 0.1) is 23.4 Å². The van der Waals surface area contributed by atoms with Crippen molar-refractivity contribution in [2.24, 2.45) is 4.99 Å². The number of carbonyl (C=O) groups is 2. The molecule has 6 heteroatoms. The van der Waals surface area contributed by atoms with E-state index >= 15 is 0 Å². The number of hydrogen-bond donors (Lipinski definition) is 0. The molecular formula is C32H37N3O3. The van der Waals surface area contributed by atoms with Crippen molar-refractivity contribution in [3.05, 3.63) is 82.6 Å². The molecule has 3 aromatic rings. The summed E-state index contributed by atoms with van der Waals surface area (Å²) in [6.07, 6.45) is 7.45. The number of aliphatic imine (C=N–C) groups is 1. The van der Waals surface area contributed by atoms with Crippen LogP contribution in [0.4, 0.5) is 5.69 Å². The first-order valence-corrected chi connectivity index (χ1v) is 13.5. The Labute approximate surface area is 225 Å². The molecule has 1 aliphatic rings. The van der Waals surface area contributed by atoms with Crippen LogP contribution in [0.1, 0.15) is 57.7 Å². The molecule has 2 aromatic carbocycles. The zero-order chi connectivity index (χ0) is 27.1. The van der Waals surface area contributed by atoms with Gasteiger partial charge in [0.1, 0.15) is 0 Å². The van der Waals surface area contributed by atoms with Crippen LogP contribution in [0.2, 0.25) is 0 Å². The summed E-state index contributed by atoms with van der Waals surface area (Å²) in [5, 5.41) is 1.16. The van der Waals surface area contributed by atoms with E-state index in [1.807, 2.05) is 50.3 Å². The predicted octanol–water partition coefficient (Wildman–Crippen LogP) is 6.87. The van der Waals surface area contributed by atoms with Crippen LogP contribution >= 0.6 is 0 Å². The van der Waals surface area contributed by atoms with Gasteiger partial charge >= 0.3 is 0 Å². The van der Waals surface area contributed by atoms with Crippen LogP contribution in [0.5, 0.6) is 0 Å². The molecule has 0 radical (unpaired) electrons. The Morgan fingerprint density at radius 2 is 1.68 bits per heavy atom. The minimum atomic E-state index is -0.282. The summed E-state index contributed by atoms with van der Waals surface area (Å²) < 4.78 is 7.77. The molecule has 6 nitrogen and oxygen atoms in total. The number of allylic oxidation sites excluding steroid dienone is 1. The molecule has 1 aliphatic heterocycles. The first-order valence-electron chi connectivity index (χ1n) is 13.5. The maximum absolute atomic E-state index is 13.7. The van der Waals surface area contributed by atoms with Crippen molar-refractivity contribution >= 4 is 40.9 Å². The van der Waals surface area contributed by atoms with E-state index < -0.39 is 0 Å². The maximum Gasteiger partial charge on any atom is 0.266 e. The summed E-state index contributed by atoms with van der Waals surface area (Å²) in [7, 11) is 0. The minimum absolute atomic E-state index is 0.268. The fourth-order valence-corrected chi connectivity index (χ4v) is 4.95. The van der Waals surface area contributed by atoms with Crippen molar-refractivity contribution < 1.29 is 14.3 Å². The van der Waals surface area contributed by atoms with Crippen LogP contribution < -0.4 is 4.90 Å². The predicted molar refractivity (Wildman–Crippen MR) is 155 cm³/mol. The third-order valence-corrected chi connectivity index (χ3v) is 6.83. The lowest BCUT2D eigenvalue weighted by atomic mass is 10.0. The van der Waals surface area contributed by atoms with Gasteiger partial charge < -0.3 is 9.30 Å². The Morgan fingerprint density at radius 1 is 0.947 bits per heavy atom. The van der Waals surface area contributed by atoms with Gasteiger partial charge in [-0.25, -0.2) is 4.90 Å². The van der Waals surface area contributed by atoms with Gasteiger partial charge in [-0.1, -0.05) is 48.9 Å². The molecule has 4 rings (SSSR count). The Kier molecular flexibility index (Phi) is 8.95. The number of aromatic nitrogens is 1. The smallest absolute Gasteiger partial charge is 0.266 e. The van der Waals surface area contributed by atoms with Crippen molar-refractivity contribution in [3.8, 4) is 0 Å².